The highest BCUT2D eigenvalue weighted by Crippen LogP contribution is 2.16. The molecule has 1 aromatic carbocycles. The molecule has 0 heterocycles. The Morgan fingerprint density at radius 2 is 2.23 bits per heavy atom. The van der Waals surface area contributed by atoms with Crippen molar-refractivity contribution >= 4 is 17.4 Å². The molecule has 0 bridgehead atoms. The van der Waals surface area contributed by atoms with Crippen LogP contribution in [0.25, 0.3) is 0 Å². The predicted molar refractivity (Wildman–Crippen MR) is 47.5 cm³/mol. The van der Waals surface area contributed by atoms with E-state index in [1.807, 2.05) is 0 Å². The second-order valence-electron chi connectivity index (χ2n) is 2.31. The molecule has 1 N–H and O–H groups in total. The van der Waals surface area contributed by atoms with Gasteiger partial charge >= 0.3 is 0 Å². The summed E-state index contributed by atoms with van der Waals surface area (Å²) < 4.78 is 12.6. The number of aliphatic hydroxyl groups excluding tert-OH is 1. The third-order valence-electron chi connectivity index (χ3n) is 1.43. The average molecular weight is 201 g/mol. The molecule has 0 unspecified atom stereocenters. The van der Waals surface area contributed by atoms with Crippen molar-refractivity contribution in [3.63, 3.8) is 0 Å². The van der Waals surface area contributed by atoms with Gasteiger partial charge in [0.15, 0.2) is 5.78 Å². The number of halogens is 2. The monoisotopic (exact) mass is 200 g/mol. The lowest BCUT2D eigenvalue weighted by molar-refractivity contribution is 0.104. The second kappa shape index (κ2) is 4.05. The first-order valence-corrected chi connectivity index (χ1v) is 3.83. The highest BCUT2D eigenvalue weighted by atomic mass is 35.5. The smallest absolute Gasteiger partial charge is 0.188 e. The fourth-order valence-corrected chi connectivity index (χ4v) is 0.994. The van der Waals surface area contributed by atoms with Gasteiger partial charge in [0.1, 0.15) is 5.82 Å². The van der Waals surface area contributed by atoms with Crippen LogP contribution in [-0.4, -0.2) is 10.9 Å². The van der Waals surface area contributed by atoms with Crippen LogP contribution >= 0.6 is 11.6 Å². The van der Waals surface area contributed by atoms with E-state index in [1.165, 1.54) is 12.1 Å². The molecule has 0 aliphatic heterocycles. The van der Waals surface area contributed by atoms with Crippen molar-refractivity contribution in [1.29, 1.82) is 0 Å². The molecule has 13 heavy (non-hydrogen) atoms. The van der Waals surface area contributed by atoms with E-state index in [-0.39, 0.29) is 10.6 Å². The van der Waals surface area contributed by atoms with Gasteiger partial charge in [0.25, 0.3) is 0 Å². The van der Waals surface area contributed by atoms with Crippen molar-refractivity contribution in [2.75, 3.05) is 0 Å². The highest BCUT2D eigenvalue weighted by molar-refractivity contribution is 6.31. The van der Waals surface area contributed by atoms with Crippen molar-refractivity contribution in [2.45, 2.75) is 0 Å². The maximum atomic E-state index is 12.6. The van der Waals surface area contributed by atoms with Crippen molar-refractivity contribution in [3.8, 4) is 0 Å². The first kappa shape index (κ1) is 9.74. The maximum absolute atomic E-state index is 12.6. The second-order valence-corrected chi connectivity index (χ2v) is 2.72. The van der Waals surface area contributed by atoms with Crippen molar-refractivity contribution in [1.82, 2.24) is 0 Å². The van der Waals surface area contributed by atoms with Gasteiger partial charge in [-0.2, -0.15) is 0 Å². The minimum atomic E-state index is -0.578. The molecule has 0 aliphatic carbocycles. The third-order valence-corrected chi connectivity index (χ3v) is 1.72. The quantitative estimate of drug-likeness (QED) is 0.453. The van der Waals surface area contributed by atoms with Crippen LogP contribution in [0.1, 0.15) is 10.4 Å². The predicted octanol–water partition coefficient (Wildman–Crippen LogP) is 2.73. The first-order valence-electron chi connectivity index (χ1n) is 3.45. The molecule has 68 valence electrons. The van der Waals surface area contributed by atoms with E-state index in [4.69, 9.17) is 16.7 Å². The van der Waals surface area contributed by atoms with Gasteiger partial charge in [-0.15, -0.1) is 0 Å². The maximum Gasteiger partial charge on any atom is 0.188 e. The Balaban J connectivity index is 3.04. The van der Waals surface area contributed by atoms with Crippen LogP contribution in [0.3, 0.4) is 0 Å². The van der Waals surface area contributed by atoms with E-state index in [1.54, 1.807) is 0 Å². The number of hydrogen-bond donors (Lipinski definition) is 1. The topological polar surface area (TPSA) is 37.3 Å². The average Bonchev–Trinajstić information content (AvgIpc) is 2.10. The molecule has 0 saturated heterocycles. The molecule has 0 aliphatic rings. The molecule has 0 radical (unpaired) electrons. The number of carbonyl (C=O) groups excluding carboxylic acids is 1. The Labute approximate surface area is 79.3 Å². The number of aliphatic hydroxyl groups is 1. The van der Waals surface area contributed by atoms with Crippen LogP contribution < -0.4 is 0 Å². The molecule has 0 spiro atoms. The molecule has 0 atom stereocenters. The molecular formula is C9H6ClFO2. The normalized spacial score (nSPS) is 10.6. The van der Waals surface area contributed by atoms with Gasteiger partial charge in [0, 0.05) is 11.6 Å². The van der Waals surface area contributed by atoms with Gasteiger partial charge in [-0.1, -0.05) is 11.6 Å². The van der Waals surface area contributed by atoms with Crippen molar-refractivity contribution < 1.29 is 14.3 Å². The molecule has 1 rings (SSSR count). The number of carbonyl (C=O) groups is 1. The lowest BCUT2D eigenvalue weighted by atomic mass is 10.1. The van der Waals surface area contributed by atoms with E-state index in [0.29, 0.717) is 6.26 Å². The number of ketones is 1. The summed E-state index contributed by atoms with van der Waals surface area (Å²) in [6.45, 7) is 0. The van der Waals surface area contributed by atoms with Crippen LogP contribution in [0.4, 0.5) is 4.39 Å². The summed E-state index contributed by atoms with van der Waals surface area (Å²) in [7, 11) is 0. The SMILES string of the molecule is O=C(C=CO)c1ccc(F)c(Cl)c1. The first-order chi connectivity index (χ1) is 6.15. The van der Waals surface area contributed by atoms with Gasteiger partial charge in [-0.25, -0.2) is 4.39 Å². The molecule has 0 saturated carbocycles. The van der Waals surface area contributed by atoms with Crippen molar-refractivity contribution in [3.05, 3.63) is 46.9 Å². The van der Waals surface area contributed by atoms with Crippen LogP contribution in [0.2, 0.25) is 5.02 Å². The van der Waals surface area contributed by atoms with Crippen LogP contribution in [0.5, 0.6) is 0 Å². The van der Waals surface area contributed by atoms with Crippen LogP contribution in [0.15, 0.2) is 30.5 Å². The summed E-state index contributed by atoms with van der Waals surface area (Å²) in [6.07, 6.45) is 1.59. The minimum Gasteiger partial charge on any atom is -0.515 e. The molecular weight excluding hydrogens is 195 g/mol. The summed E-state index contributed by atoms with van der Waals surface area (Å²) in [5.74, 6) is -1.00. The summed E-state index contributed by atoms with van der Waals surface area (Å²) in [5.41, 5.74) is 0.233. The zero-order chi connectivity index (χ0) is 9.84. The van der Waals surface area contributed by atoms with Crippen LogP contribution in [-0.2, 0) is 0 Å². The van der Waals surface area contributed by atoms with Crippen LogP contribution in [0, 0.1) is 5.82 Å². The Morgan fingerprint density at radius 3 is 2.77 bits per heavy atom. The highest BCUT2D eigenvalue weighted by Gasteiger charge is 2.05. The van der Waals surface area contributed by atoms with E-state index >= 15 is 0 Å². The summed E-state index contributed by atoms with van der Waals surface area (Å²) in [4.78, 5) is 11.1. The Hall–Kier alpha value is -1.35. The van der Waals surface area contributed by atoms with E-state index < -0.39 is 11.6 Å². The lowest BCUT2D eigenvalue weighted by Gasteiger charge is -1.97. The molecule has 1 aromatic rings. The zero-order valence-electron chi connectivity index (χ0n) is 6.50. The van der Waals surface area contributed by atoms with Crippen molar-refractivity contribution in [2.24, 2.45) is 0 Å². The molecule has 2 nitrogen and oxygen atoms in total. The minimum absolute atomic E-state index is 0.114. The number of hydrogen-bond acceptors (Lipinski definition) is 2. The fraction of sp³-hybridized carbons (Fsp3) is 0. The fourth-order valence-electron chi connectivity index (χ4n) is 0.813. The van der Waals surface area contributed by atoms with Gasteiger partial charge < -0.3 is 5.11 Å². The van der Waals surface area contributed by atoms with Gasteiger partial charge in [-0.05, 0) is 18.2 Å². The summed E-state index contributed by atoms with van der Waals surface area (Å²) in [5, 5.41) is 8.20. The molecule has 0 fully saturated rings. The Bertz CT molecular complexity index is 361. The largest absolute Gasteiger partial charge is 0.515 e. The summed E-state index contributed by atoms with van der Waals surface area (Å²) in [6, 6.07) is 3.60. The molecule has 4 heteroatoms. The Kier molecular flexibility index (Phi) is 3.03. The standard InChI is InChI=1S/C9H6ClFO2/c10-7-5-6(1-2-8(7)11)9(13)3-4-12/h1-5,12H. The molecule has 0 amide bonds. The number of allylic oxidation sites excluding steroid dienone is 1. The van der Waals surface area contributed by atoms with Gasteiger partial charge in [-0.3, -0.25) is 4.79 Å². The zero-order valence-corrected chi connectivity index (χ0v) is 7.25. The lowest BCUT2D eigenvalue weighted by Crippen LogP contribution is -1.94. The third kappa shape index (κ3) is 2.29. The van der Waals surface area contributed by atoms with Gasteiger partial charge in [0.2, 0.25) is 0 Å². The van der Waals surface area contributed by atoms with E-state index in [9.17, 15) is 9.18 Å². The molecule has 0 aromatic heterocycles. The van der Waals surface area contributed by atoms with E-state index in [0.717, 1.165) is 12.1 Å². The summed E-state index contributed by atoms with van der Waals surface area (Å²) >= 11 is 5.44. The van der Waals surface area contributed by atoms with E-state index in [2.05, 4.69) is 0 Å². The van der Waals surface area contributed by atoms with Gasteiger partial charge in [0.05, 0.1) is 11.3 Å². The number of benzene rings is 1. The Morgan fingerprint density at radius 1 is 1.54 bits per heavy atom. The number of rotatable bonds is 2.